The van der Waals surface area contributed by atoms with Crippen molar-refractivity contribution in [3.63, 3.8) is 0 Å². The zero-order chi connectivity index (χ0) is 19.2. The van der Waals surface area contributed by atoms with Gasteiger partial charge in [-0.2, -0.15) is 0 Å². The number of rotatable bonds is 8. The molecule has 0 bridgehead atoms. The average molecular weight is 393 g/mol. The van der Waals surface area contributed by atoms with Crippen LogP contribution in [0.3, 0.4) is 0 Å². The molecule has 0 aliphatic rings. The Bertz CT molecular complexity index is 865. The van der Waals surface area contributed by atoms with Gasteiger partial charge in [0.2, 0.25) is 15.9 Å². The summed E-state index contributed by atoms with van der Waals surface area (Å²) in [6, 6.07) is 14.6. The topological polar surface area (TPSA) is 66.5 Å². The van der Waals surface area contributed by atoms with Gasteiger partial charge in [-0.1, -0.05) is 37.3 Å². The van der Waals surface area contributed by atoms with E-state index in [4.69, 9.17) is 0 Å². The molecule has 0 spiro atoms. The average Bonchev–Trinajstić information content (AvgIpc) is 2.62. The smallest absolute Gasteiger partial charge is 0.242 e. The van der Waals surface area contributed by atoms with E-state index in [9.17, 15) is 13.2 Å². The van der Waals surface area contributed by atoms with Crippen LogP contribution in [0.2, 0.25) is 0 Å². The number of benzene rings is 2. The molecule has 0 unspecified atom stereocenters. The van der Waals surface area contributed by atoms with Gasteiger partial charge in [-0.05, 0) is 35.7 Å². The second-order valence-corrected chi connectivity index (χ2v) is 9.12. The number of thioether (sulfide) groups is 1. The predicted octanol–water partition coefficient (Wildman–Crippen LogP) is 3.37. The summed E-state index contributed by atoms with van der Waals surface area (Å²) in [7, 11) is -0.426. The molecule has 0 aliphatic carbocycles. The van der Waals surface area contributed by atoms with E-state index in [-0.39, 0.29) is 10.8 Å². The Morgan fingerprint density at radius 1 is 1.12 bits per heavy atom. The fourth-order valence-electron chi connectivity index (χ4n) is 2.40. The third kappa shape index (κ3) is 5.33. The summed E-state index contributed by atoms with van der Waals surface area (Å²) in [6.07, 6.45) is 0.858. The van der Waals surface area contributed by atoms with Crippen LogP contribution in [0.25, 0.3) is 0 Å². The van der Waals surface area contributed by atoms with E-state index >= 15 is 0 Å². The fraction of sp³-hybridized carbons (Fsp3) is 0.316. The maximum atomic E-state index is 12.2. The van der Waals surface area contributed by atoms with Crippen LogP contribution in [-0.2, 0) is 27.0 Å². The van der Waals surface area contributed by atoms with E-state index in [0.717, 1.165) is 23.2 Å². The molecule has 26 heavy (non-hydrogen) atoms. The molecule has 5 nitrogen and oxygen atoms in total. The molecule has 2 rings (SSSR count). The van der Waals surface area contributed by atoms with E-state index in [1.807, 2.05) is 30.3 Å². The van der Waals surface area contributed by atoms with Crippen molar-refractivity contribution in [2.24, 2.45) is 0 Å². The van der Waals surface area contributed by atoms with Gasteiger partial charge in [-0.3, -0.25) is 4.79 Å². The van der Waals surface area contributed by atoms with E-state index in [0.29, 0.717) is 11.5 Å². The lowest BCUT2D eigenvalue weighted by molar-refractivity contribution is -0.113. The molecular weight excluding hydrogens is 368 g/mol. The first kappa shape index (κ1) is 20.5. The first-order valence-electron chi connectivity index (χ1n) is 8.31. The SMILES string of the molecule is CCc1ccccc1NC(=O)CSCc1cccc(S(=O)(=O)N(C)C)c1. The maximum Gasteiger partial charge on any atom is 0.242 e. The third-order valence-corrected chi connectivity index (χ3v) is 6.67. The van der Waals surface area contributed by atoms with Crippen molar-refractivity contribution in [2.75, 3.05) is 25.2 Å². The monoisotopic (exact) mass is 392 g/mol. The summed E-state index contributed by atoms with van der Waals surface area (Å²) >= 11 is 1.45. The number of carbonyl (C=O) groups excluding carboxylic acids is 1. The summed E-state index contributed by atoms with van der Waals surface area (Å²) in [4.78, 5) is 12.4. The number of hydrogen-bond acceptors (Lipinski definition) is 4. The second kappa shape index (κ2) is 9.21. The molecule has 0 aliphatic heterocycles. The van der Waals surface area contributed by atoms with Crippen LogP contribution in [0, 0.1) is 0 Å². The zero-order valence-electron chi connectivity index (χ0n) is 15.2. The molecule has 0 fully saturated rings. The van der Waals surface area contributed by atoms with Gasteiger partial charge in [0.25, 0.3) is 0 Å². The number of sulfonamides is 1. The molecule has 7 heteroatoms. The van der Waals surface area contributed by atoms with Crippen molar-refractivity contribution in [1.29, 1.82) is 0 Å². The van der Waals surface area contributed by atoms with Crippen molar-refractivity contribution in [2.45, 2.75) is 24.0 Å². The molecule has 0 radical (unpaired) electrons. The van der Waals surface area contributed by atoms with Gasteiger partial charge in [-0.25, -0.2) is 12.7 Å². The minimum atomic E-state index is -3.44. The van der Waals surface area contributed by atoms with Crippen molar-refractivity contribution in [3.8, 4) is 0 Å². The van der Waals surface area contributed by atoms with Crippen LogP contribution in [0.4, 0.5) is 5.69 Å². The number of aryl methyl sites for hydroxylation is 1. The standard InChI is InChI=1S/C19H24N2O3S2/c1-4-16-9-5-6-11-18(16)20-19(22)14-25-13-15-8-7-10-17(12-15)26(23,24)21(2)3/h5-12H,4,13-14H2,1-3H3,(H,20,22). The first-order chi connectivity index (χ1) is 12.3. The fourth-order valence-corrected chi connectivity index (χ4v) is 4.15. The third-order valence-electron chi connectivity index (χ3n) is 3.85. The predicted molar refractivity (Wildman–Crippen MR) is 108 cm³/mol. The number of carbonyl (C=O) groups is 1. The number of amides is 1. The highest BCUT2D eigenvalue weighted by Crippen LogP contribution is 2.20. The normalized spacial score (nSPS) is 11.5. The lowest BCUT2D eigenvalue weighted by atomic mass is 10.1. The summed E-state index contributed by atoms with van der Waals surface area (Å²) in [5, 5.41) is 2.94. The number of nitrogens with zero attached hydrogens (tertiary/aromatic N) is 1. The van der Waals surface area contributed by atoms with E-state index in [2.05, 4.69) is 12.2 Å². The minimum Gasteiger partial charge on any atom is -0.325 e. The Balaban J connectivity index is 1.93. The lowest BCUT2D eigenvalue weighted by Gasteiger charge is -2.12. The zero-order valence-corrected chi connectivity index (χ0v) is 16.9. The van der Waals surface area contributed by atoms with Crippen molar-refractivity contribution >= 4 is 33.4 Å². The Morgan fingerprint density at radius 3 is 2.54 bits per heavy atom. The highest BCUT2D eigenvalue weighted by molar-refractivity contribution is 7.99. The molecule has 2 aromatic rings. The van der Waals surface area contributed by atoms with E-state index in [1.54, 1.807) is 18.2 Å². The van der Waals surface area contributed by atoms with Gasteiger partial charge in [0.05, 0.1) is 10.6 Å². The van der Waals surface area contributed by atoms with Gasteiger partial charge >= 0.3 is 0 Å². The van der Waals surface area contributed by atoms with Crippen LogP contribution >= 0.6 is 11.8 Å². The van der Waals surface area contributed by atoms with Gasteiger partial charge in [0.1, 0.15) is 0 Å². The van der Waals surface area contributed by atoms with E-state index in [1.165, 1.54) is 30.2 Å². The van der Waals surface area contributed by atoms with Gasteiger partial charge in [-0.15, -0.1) is 11.8 Å². The summed E-state index contributed by atoms with van der Waals surface area (Å²) in [6.45, 7) is 2.05. The summed E-state index contributed by atoms with van der Waals surface area (Å²) < 4.78 is 25.6. The number of anilines is 1. The Morgan fingerprint density at radius 2 is 1.85 bits per heavy atom. The van der Waals surface area contributed by atoms with Crippen molar-refractivity contribution in [3.05, 3.63) is 59.7 Å². The van der Waals surface area contributed by atoms with Crippen LogP contribution in [-0.4, -0.2) is 38.5 Å². The molecular formula is C19H24N2O3S2. The van der Waals surface area contributed by atoms with Crippen LogP contribution in [0.15, 0.2) is 53.4 Å². The van der Waals surface area contributed by atoms with Crippen LogP contribution in [0.5, 0.6) is 0 Å². The maximum absolute atomic E-state index is 12.2. The molecule has 0 aromatic heterocycles. The number of para-hydroxylation sites is 1. The molecule has 140 valence electrons. The molecule has 0 saturated heterocycles. The highest BCUT2D eigenvalue weighted by atomic mass is 32.2. The van der Waals surface area contributed by atoms with Crippen LogP contribution in [0.1, 0.15) is 18.1 Å². The van der Waals surface area contributed by atoms with Gasteiger partial charge in [0, 0.05) is 25.5 Å². The first-order valence-corrected chi connectivity index (χ1v) is 10.9. The largest absolute Gasteiger partial charge is 0.325 e. The minimum absolute atomic E-state index is 0.0621. The van der Waals surface area contributed by atoms with Gasteiger partial charge in [0.15, 0.2) is 0 Å². The van der Waals surface area contributed by atoms with Gasteiger partial charge < -0.3 is 5.32 Å². The lowest BCUT2D eigenvalue weighted by Crippen LogP contribution is -2.22. The van der Waals surface area contributed by atoms with E-state index < -0.39 is 10.0 Å². The van der Waals surface area contributed by atoms with Crippen molar-refractivity contribution in [1.82, 2.24) is 4.31 Å². The highest BCUT2D eigenvalue weighted by Gasteiger charge is 2.17. The van der Waals surface area contributed by atoms with Crippen LogP contribution < -0.4 is 5.32 Å². The summed E-state index contributed by atoms with van der Waals surface area (Å²) in [5.41, 5.74) is 2.83. The van der Waals surface area contributed by atoms with Crippen molar-refractivity contribution < 1.29 is 13.2 Å². The second-order valence-electron chi connectivity index (χ2n) is 5.99. The molecule has 0 saturated carbocycles. The molecule has 0 atom stereocenters. The number of nitrogens with one attached hydrogen (secondary N) is 1. The molecule has 2 aromatic carbocycles. The summed E-state index contributed by atoms with van der Waals surface area (Å²) in [5.74, 6) is 0.815. The Kier molecular flexibility index (Phi) is 7.25. The molecule has 1 N–H and O–H groups in total. The molecule has 1 amide bonds. The quantitative estimate of drug-likeness (QED) is 0.748. The Hall–Kier alpha value is -1.83. The number of hydrogen-bond donors (Lipinski definition) is 1. The molecule has 0 heterocycles. The Labute approximate surface area is 159 Å².